The van der Waals surface area contributed by atoms with Crippen molar-refractivity contribution in [2.45, 2.75) is 17.9 Å². The summed E-state index contributed by atoms with van der Waals surface area (Å²) in [5, 5.41) is 3.12. The van der Waals surface area contributed by atoms with Crippen molar-refractivity contribution in [1.82, 2.24) is 5.32 Å². The highest BCUT2D eigenvalue weighted by atomic mass is 32.2. The van der Waals surface area contributed by atoms with E-state index >= 15 is 0 Å². The number of ether oxygens (including phenoxy) is 1. The average molecular weight is 404 g/mol. The van der Waals surface area contributed by atoms with Gasteiger partial charge in [-0.3, -0.25) is 4.79 Å². The lowest BCUT2D eigenvalue weighted by Crippen LogP contribution is -3.14. The van der Waals surface area contributed by atoms with Crippen LogP contribution in [0.15, 0.2) is 53.4 Å². The lowest BCUT2D eigenvalue weighted by atomic mass is 10.0. The molecule has 0 unspecified atom stereocenters. The zero-order chi connectivity index (χ0) is 20.1. The van der Waals surface area contributed by atoms with Crippen LogP contribution in [0.2, 0.25) is 0 Å². The fraction of sp³-hybridized carbons (Fsp3) is 0.381. The van der Waals surface area contributed by atoms with Gasteiger partial charge in [0.25, 0.3) is 5.91 Å². The Bertz CT molecular complexity index is 902. The molecule has 1 aliphatic rings. The van der Waals surface area contributed by atoms with Crippen LogP contribution in [0, 0.1) is 6.92 Å². The van der Waals surface area contributed by atoms with Crippen LogP contribution >= 0.6 is 0 Å². The Kier molecular flexibility index (Phi) is 6.49. The van der Waals surface area contributed by atoms with Gasteiger partial charge in [-0.25, -0.2) is 8.42 Å². The summed E-state index contributed by atoms with van der Waals surface area (Å²) in [7, 11) is -3.28. The van der Waals surface area contributed by atoms with Crippen molar-refractivity contribution in [2.75, 3.05) is 39.1 Å². The van der Waals surface area contributed by atoms with Gasteiger partial charge >= 0.3 is 0 Å². The van der Waals surface area contributed by atoms with Crippen LogP contribution < -0.4 is 10.2 Å². The molecule has 2 aromatic carbocycles. The van der Waals surface area contributed by atoms with Gasteiger partial charge in [0.2, 0.25) is 0 Å². The fourth-order valence-corrected chi connectivity index (χ4v) is 3.93. The molecule has 1 aliphatic heterocycles. The summed E-state index contributed by atoms with van der Waals surface area (Å²) < 4.78 is 28.7. The number of hydrogen-bond donors (Lipinski definition) is 2. The van der Waals surface area contributed by atoms with Crippen LogP contribution in [-0.4, -0.2) is 53.4 Å². The van der Waals surface area contributed by atoms with Crippen molar-refractivity contribution >= 4 is 15.7 Å². The first kappa shape index (κ1) is 20.5. The van der Waals surface area contributed by atoms with Crippen molar-refractivity contribution in [3.05, 3.63) is 65.2 Å². The maximum Gasteiger partial charge on any atom is 0.251 e. The number of sulfone groups is 1. The van der Waals surface area contributed by atoms with Crippen molar-refractivity contribution in [3.8, 4) is 0 Å². The third kappa shape index (κ3) is 5.41. The molecule has 2 N–H and O–H groups in total. The van der Waals surface area contributed by atoms with E-state index in [4.69, 9.17) is 4.74 Å². The summed E-state index contributed by atoms with van der Waals surface area (Å²) in [5.74, 6) is -0.210. The molecule has 1 atom stereocenters. The van der Waals surface area contributed by atoms with Gasteiger partial charge in [-0.05, 0) is 36.8 Å². The van der Waals surface area contributed by atoms with Crippen molar-refractivity contribution in [2.24, 2.45) is 0 Å². The maximum atomic E-state index is 12.8. The second-order valence-electron chi connectivity index (χ2n) is 7.30. The van der Waals surface area contributed by atoms with E-state index in [0.717, 1.165) is 44.7 Å². The molecule has 0 aromatic heterocycles. The summed E-state index contributed by atoms with van der Waals surface area (Å²) >= 11 is 0. The van der Waals surface area contributed by atoms with E-state index in [1.807, 2.05) is 31.2 Å². The standard InChI is InChI=1S/C21H26N2O4S/c1-16-3-5-17(6-4-16)20(15-23-11-13-27-14-12-23)22-21(24)18-7-9-19(10-8-18)28(2,25)26/h3-10,20H,11-15H2,1-2H3,(H,22,24)/p+1/t20-/m0/s1. The minimum absolute atomic E-state index is 0.129. The molecule has 0 spiro atoms. The first-order chi connectivity index (χ1) is 13.3. The van der Waals surface area contributed by atoms with Gasteiger partial charge in [0.1, 0.15) is 25.7 Å². The highest BCUT2D eigenvalue weighted by molar-refractivity contribution is 7.90. The summed E-state index contributed by atoms with van der Waals surface area (Å²) in [6, 6.07) is 14.1. The molecule has 1 fully saturated rings. The van der Waals surface area contributed by atoms with Crippen molar-refractivity contribution < 1.29 is 22.8 Å². The van der Waals surface area contributed by atoms with E-state index in [2.05, 4.69) is 5.32 Å². The molecule has 1 saturated heterocycles. The third-order valence-electron chi connectivity index (χ3n) is 5.02. The Morgan fingerprint density at radius 2 is 1.68 bits per heavy atom. The molecular formula is C21H27N2O4S+. The number of rotatable bonds is 6. The van der Waals surface area contributed by atoms with Crippen LogP contribution in [0.1, 0.15) is 27.5 Å². The first-order valence-electron chi connectivity index (χ1n) is 9.42. The molecule has 2 aromatic rings. The zero-order valence-corrected chi connectivity index (χ0v) is 17.1. The number of carbonyl (C=O) groups is 1. The Morgan fingerprint density at radius 3 is 2.25 bits per heavy atom. The van der Waals surface area contributed by atoms with Crippen LogP contribution in [-0.2, 0) is 14.6 Å². The fourth-order valence-electron chi connectivity index (χ4n) is 3.30. The van der Waals surface area contributed by atoms with Gasteiger partial charge in [0.15, 0.2) is 9.84 Å². The molecule has 3 rings (SSSR count). The minimum Gasteiger partial charge on any atom is -0.370 e. The van der Waals surface area contributed by atoms with E-state index in [-0.39, 0.29) is 16.8 Å². The Morgan fingerprint density at radius 1 is 1.07 bits per heavy atom. The highest BCUT2D eigenvalue weighted by Crippen LogP contribution is 2.15. The van der Waals surface area contributed by atoms with Gasteiger partial charge in [-0.15, -0.1) is 0 Å². The van der Waals surface area contributed by atoms with Crippen LogP contribution in [0.4, 0.5) is 0 Å². The van der Waals surface area contributed by atoms with E-state index < -0.39 is 9.84 Å². The van der Waals surface area contributed by atoms with E-state index in [9.17, 15) is 13.2 Å². The van der Waals surface area contributed by atoms with Gasteiger partial charge < -0.3 is 15.0 Å². The highest BCUT2D eigenvalue weighted by Gasteiger charge is 2.23. The summed E-state index contributed by atoms with van der Waals surface area (Å²) in [6.45, 7) is 6.11. The molecule has 0 bridgehead atoms. The Labute approximate surface area is 166 Å². The Balaban J connectivity index is 1.77. The molecule has 0 radical (unpaired) electrons. The van der Waals surface area contributed by atoms with Crippen LogP contribution in [0.5, 0.6) is 0 Å². The quantitative estimate of drug-likeness (QED) is 0.748. The molecule has 1 amide bonds. The molecule has 150 valence electrons. The maximum absolute atomic E-state index is 12.8. The molecular weight excluding hydrogens is 376 g/mol. The molecule has 7 heteroatoms. The van der Waals surface area contributed by atoms with Crippen LogP contribution in [0.3, 0.4) is 0 Å². The second kappa shape index (κ2) is 8.86. The van der Waals surface area contributed by atoms with E-state index in [1.54, 1.807) is 12.1 Å². The number of hydrogen-bond acceptors (Lipinski definition) is 4. The van der Waals surface area contributed by atoms with Crippen molar-refractivity contribution in [1.29, 1.82) is 0 Å². The van der Waals surface area contributed by atoms with E-state index in [1.165, 1.54) is 22.6 Å². The molecule has 0 saturated carbocycles. The predicted molar refractivity (Wildman–Crippen MR) is 107 cm³/mol. The number of carbonyl (C=O) groups excluding carboxylic acids is 1. The van der Waals surface area contributed by atoms with Crippen LogP contribution in [0.25, 0.3) is 0 Å². The summed E-state index contributed by atoms with van der Waals surface area (Å²) in [6.07, 6.45) is 1.15. The second-order valence-corrected chi connectivity index (χ2v) is 9.32. The normalized spacial score (nSPS) is 16.5. The number of benzene rings is 2. The number of morpholine rings is 1. The van der Waals surface area contributed by atoms with Crippen molar-refractivity contribution in [3.63, 3.8) is 0 Å². The zero-order valence-electron chi connectivity index (χ0n) is 16.3. The molecule has 1 heterocycles. The minimum atomic E-state index is -3.28. The van der Waals surface area contributed by atoms with Gasteiger partial charge in [0.05, 0.1) is 18.1 Å². The third-order valence-corrected chi connectivity index (χ3v) is 6.15. The molecule has 6 nitrogen and oxygen atoms in total. The van der Waals surface area contributed by atoms with Gasteiger partial charge in [0, 0.05) is 11.8 Å². The smallest absolute Gasteiger partial charge is 0.251 e. The SMILES string of the molecule is Cc1ccc([C@H](C[NH+]2CCOCC2)NC(=O)c2ccc(S(C)(=O)=O)cc2)cc1. The molecule has 0 aliphatic carbocycles. The lowest BCUT2D eigenvalue weighted by Gasteiger charge is -2.28. The number of amides is 1. The number of aryl methyl sites for hydroxylation is 1. The summed E-state index contributed by atoms with van der Waals surface area (Å²) in [4.78, 5) is 14.4. The lowest BCUT2D eigenvalue weighted by molar-refractivity contribution is -0.909. The predicted octanol–water partition coefficient (Wildman–Crippen LogP) is 0.785. The average Bonchev–Trinajstić information content (AvgIpc) is 2.68. The first-order valence-corrected chi connectivity index (χ1v) is 11.3. The molecule has 28 heavy (non-hydrogen) atoms. The summed E-state index contributed by atoms with van der Waals surface area (Å²) in [5.41, 5.74) is 2.68. The van der Waals surface area contributed by atoms with E-state index in [0.29, 0.717) is 5.56 Å². The van der Waals surface area contributed by atoms with Gasteiger partial charge in [-0.1, -0.05) is 29.8 Å². The number of quaternary nitrogens is 1. The topological polar surface area (TPSA) is 76.9 Å². The number of nitrogens with one attached hydrogen (secondary N) is 2. The monoisotopic (exact) mass is 403 g/mol. The largest absolute Gasteiger partial charge is 0.370 e. The Hall–Kier alpha value is -2.22. The van der Waals surface area contributed by atoms with Gasteiger partial charge in [-0.2, -0.15) is 0 Å².